The van der Waals surface area contributed by atoms with Crippen molar-refractivity contribution in [3.05, 3.63) is 64.1 Å². The molecular weight excluding hydrogens is 396 g/mol. The van der Waals surface area contributed by atoms with Crippen molar-refractivity contribution in [3.8, 4) is 5.75 Å². The number of rotatable bonds is 7. The van der Waals surface area contributed by atoms with Crippen molar-refractivity contribution in [2.45, 2.75) is 31.8 Å². The molecule has 164 valence electrons. The van der Waals surface area contributed by atoms with E-state index in [4.69, 9.17) is 10.5 Å². The van der Waals surface area contributed by atoms with E-state index in [0.29, 0.717) is 18.2 Å². The zero-order valence-electron chi connectivity index (χ0n) is 17.6. The Morgan fingerprint density at radius 3 is 2.65 bits per heavy atom. The number of pyridine rings is 1. The third-order valence-electron chi connectivity index (χ3n) is 6.14. The fourth-order valence-corrected chi connectivity index (χ4v) is 4.88. The fraction of sp³-hybridized carbons (Fsp3) is 0.435. The van der Waals surface area contributed by atoms with E-state index < -0.39 is 5.91 Å². The first-order valence-electron chi connectivity index (χ1n) is 10.6. The monoisotopic (exact) mass is 424 g/mol. The Balaban J connectivity index is 1.50. The summed E-state index contributed by atoms with van der Waals surface area (Å²) in [6.45, 7) is 4.36. The number of hydrogen-bond donors (Lipinski definition) is 2. The summed E-state index contributed by atoms with van der Waals surface area (Å²) < 4.78 is 7.23. The minimum atomic E-state index is -0.503. The van der Waals surface area contributed by atoms with Crippen molar-refractivity contribution in [1.29, 1.82) is 0 Å². The molecule has 1 saturated heterocycles. The number of nitrogens with zero attached hydrogens (tertiary/aromatic N) is 2. The van der Waals surface area contributed by atoms with Crippen LogP contribution in [0.4, 0.5) is 0 Å². The van der Waals surface area contributed by atoms with Gasteiger partial charge in [0.15, 0.2) is 6.61 Å². The number of ether oxygens (including phenoxy) is 1. The summed E-state index contributed by atoms with van der Waals surface area (Å²) in [5, 5.41) is 2.91. The van der Waals surface area contributed by atoms with Crippen LogP contribution in [0.25, 0.3) is 0 Å². The van der Waals surface area contributed by atoms with Crippen LogP contribution in [0.5, 0.6) is 5.75 Å². The largest absolute Gasteiger partial charge is 0.484 e. The lowest BCUT2D eigenvalue weighted by Gasteiger charge is -2.47. The van der Waals surface area contributed by atoms with Crippen LogP contribution in [-0.4, -0.2) is 47.5 Å². The second-order valence-corrected chi connectivity index (χ2v) is 8.45. The third kappa shape index (κ3) is 4.80. The number of carbonyl (C=O) groups excluding carboxylic acids is 2. The standard InChI is InChI=1S/C23H28N4O4/c1-15(28)25-10-21-18-9-17(20-3-2-4-23(30)27(20)21)12-26(13-18)11-16-5-7-19(8-6-16)31-14-22(24)29/h2-8,17-18,21H,9-14H2,1H3,(H2,24,29)(H,25,28)/t17-,18+,21+/m1/s1. The number of fused-ring (bicyclic) bond motifs is 4. The Bertz CT molecular complexity index is 1020. The van der Waals surface area contributed by atoms with Crippen LogP contribution in [-0.2, 0) is 16.1 Å². The highest BCUT2D eigenvalue weighted by Gasteiger charge is 2.40. The zero-order chi connectivity index (χ0) is 22.0. The molecular formula is C23H28N4O4. The predicted molar refractivity (Wildman–Crippen MR) is 116 cm³/mol. The van der Waals surface area contributed by atoms with Gasteiger partial charge in [-0.1, -0.05) is 18.2 Å². The molecule has 1 aromatic heterocycles. The molecule has 0 unspecified atom stereocenters. The lowest BCUT2D eigenvalue weighted by molar-refractivity contribution is -0.120. The zero-order valence-corrected chi connectivity index (χ0v) is 17.6. The van der Waals surface area contributed by atoms with Gasteiger partial charge < -0.3 is 20.4 Å². The van der Waals surface area contributed by atoms with E-state index in [0.717, 1.165) is 37.3 Å². The quantitative estimate of drug-likeness (QED) is 0.690. The van der Waals surface area contributed by atoms with Crippen molar-refractivity contribution >= 4 is 11.8 Å². The van der Waals surface area contributed by atoms with Crippen molar-refractivity contribution < 1.29 is 14.3 Å². The number of aromatic nitrogens is 1. The predicted octanol–water partition coefficient (Wildman–Crippen LogP) is 1.01. The highest BCUT2D eigenvalue weighted by Crippen LogP contribution is 2.41. The molecule has 2 bridgehead atoms. The number of piperidine rings is 1. The molecule has 0 saturated carbocycles. The summed E-state index contributed by atoms with van der Waals surface area (Å²) in [5.41, 5.74) is 7.32. The number of nitrogens with two attached hydrogens (primary N) is 1. The second kappa shape index (κ2) is 8.93. The molecule has 0 radical (unpaired) electrons. The Morgan fingerprint density at radius 2 is 1.94 bits per heavy atom. The number of primary amides is 1. The molecule has 4 rings (SSSR count). The third-order valence-corrected chi connectivity index (χ3v) is 6.14. The molecule has 1 fully saturated rings. The van der Waals surface area contributed by atoms with Gasteiger partial charge in [0.25, 0.3) is 11.5 Å². The van der Waals surface area contributed by atoms with Crippen LogP contribution in [0.2, 0.25) is 0 Å². The van der Waals surface area contributed by atoms with Gasteiger partial charge in [-0.25, -0.2) is 0 Å². The summed E-state index contributed by atoms with van der Waals surface area (Å²) in [5.74, 6) is 0.605. The molecule has 3 atom stereocenters. The summed E-state index contributed by atoms with van der Waals surface area (Å²) in [6.07, 6.45) is 1.02. The Hall–Kier alpha value is -3.13. The Labute approximate surface area is 181 Å². The SMILES string of the molecule is CC(=O)NC[C@H]1[C@H]2C[C@H](CN(Cc3ccc(OCC(N)=O)cc3)C2)c2cccc(=O)n21. The highest BCUT2D eigenvalue weighted by atomic mass is 16.5. The molecule has 1 aromatic carbocycles. The van der Waals surface area contributed by atoms with Crippen LogP contribution >= 0.6 is 0 Å². The number of likely N-dealkylation sites (tertiary alicyclic amines) is 1. The van der Waals surface area contributed by atoms with Crippen molar-refractivity contribution in [2.75, 3.05) is 26.2 Å². The number of amides is 2. The molecule has 3 heterocycles. The number of hydrogen-bond acceptors (Lipinski definition) is 5. The van der Waals surface area contributed by atoms with Gasteiger partial charge >= 0.3 is 0 Å². The van der Waals surface area contributed by atoms with Gasteiger partial charge in [-0.05, 0) is 36.1 Å². The van der Waals surface area contributed by atoms with E-state index in [-0.39, 0.29) is 30.0 Å². The van der Waals surface area contributed by atoms with E-state index in [1.54, 1.807) is 6.07 Å². The van der Waals surface area contributed by atoms with Gasteiger partial charge in [-0.2, -0.15) is 0 Å². The van der Waals surface area contributed by atoms with Gasteiger partial charge in [0.05, 0.1) is 6.04 Å². The minimum Gasteiger partial charge on any atom is -0.484 e. The molecule has 0 aliphatic carbocycles. The topological polar surface area (TPSA) is 107 Å². The highest BCUT2D eigenvalue weighted by molar-refractivity contribution is 5.75. The minimum absolute atomic E-state index is 0.00236. The maximum Gasteiger partial charge on any atom is 0.255 e. The molecule has 2 aliphatic heterocycles. The fourth-order valence-electron chi connectivity index (χ4n) is 4.88. The van der Waals surface area contributed by atoms with E-state index in [2.05, 4.69) is 10.2 Å². The van der Waals surface area contributed by atoms with Gasteiger partial charge in [0, 0.05) is 50.8 Å². The van der Waals surface area contributed by atoms with Gasteiger partial charge in [-0.15, -0.1) is 0 Å². The molecule has 2 aliphatic rings. The Kier molecular flexibility index (Phi) is 6.08. The molecule has 3 N–H and O–H groups in total. The average Bonchev–Trinajstić information content (AvgIpc) is 2.73. The average molecular weight is 425 g/mol. The smallest absolute Gasteiger partial charge is 0.255 e. The maximum absolute atomic E-state index is 12.6. The van der Waals surface area contributed by atoms with Gasteiger partial charge in [-0.3, -0.25) is 19.3 Å². The number of benzene rings is 1. The molecule has 8 heteroatoms. The number of nitrogens with one attached hydrogen (secondary N) is 1. The molecule has 2 amide bonds. The van der Waals surface area contributed by atoms with Crippen LogP contribution in [0.15, 0.2) is 47.3 Å². The van der Waals surface area contributed by atoms with Crippen LogP contribution in [0.1, 0.15) is 36.6 Å². The van der Waals surface area contributed by atoms with Crippen LogP contribution < -0.4 is 21.3 Å². The summed E-state index contributed by atoms with van der Waals surface area (Å²) >= 11 is 0. The maximum atomic E-state index is 12.6. The van der Waals surface area contributed by atoms with E-state index in [1.165, 1.54) is 6.92 Å². The second-order valence-electron chi connectivity index (χ2n) is 8.45. The lowest BCUT2D eigenvalue weighted by Crippen LogP contribution is -2.51. The summed E-state index contributed by atoms with van der Waals surface area (Å²) in [6, 6.07) is 13.1. The molecule has 31 heavy (non-hydrogen) atoms. The Morgan fingerprint density at radius 1 is 1.16 bits per heavy atom. The van der Waals surface area contributed by atoms with Crippen molar-refractivity contribution in [2.24, 2.45) is 11.7 Å². The van der Waals surface area contributed by atoms with Gasteiger partial charge in [0.1, 0.15) is 5.75 Å². The molecule has 2 aromatic rings. The van der Waals surface area contributed by atoms with Gasteiger partial charge in [0.2, 0.25) is 5.91 Å². The first-order chi connectivity index (χ1) is 14.9. The first kappa shape index (κ1) is 21.1. The normalized spacial score (nSPS) is 22.4. The summed E-state index contributed by atoms with van der Waals surface area (Å²) in [4.78, 5) is 37.5. The van der Waals surface area contributed by atoms with Crippen LogP contribution in [0.3, 0.4) is 0 Å². The van der Waals surface area contributed by atoms with Crippen molar-refractivity contribution in [3.63, 3.8) is 0 Å². The molecule has 8 nitrogen and oxygen atoms in total. The molecule has 0 spiro atoms. The van der Waals surface area contributed by atoms with E-state index >= 15 is 0 Å². The lowest BCUT2D eigenvalue weighted by atomic mass is 9.78. The summed E-state index contributed by atoms with van der Waals surface area (Å²) in [7, 11) is 0. The van der Waals surface area contributed by atoms with Crippen LogP contribution in [0, 0.1) is 5.92 Å². The first-order valence-corrected chi connectivity index (χ1v) is 10.6. The van der Waals surface area contributed by atoms with E-state index in [9.17, 15) is 14.4 Å². The van der Waals surface area contributed by atoms with Crippen molar-refractivity contribution in [1.82, 2.24) is 14.8 Å². The van der Waals surface area contributed by atoms with E-state index in [1.807, 2.05) is 41.0 Å². The number of carbonyl (C=O) groups is 2.